The van der Waals surface area contributed by atoms with Gasteiger partial charge in [-0.2, -0.15) is 0 Å². The molecule has 0 bridgehead atoms. The van der Waals surface area contributed by atoms with Gasteiger partial charge in [0.05, 0.1) is 6.07 Å². The smallest absolute Gasteiger partial charge is 0.404 e. The maximum absolute atomic E-state index is 11.9. The van der Waals surface area contributed by atoms with Gasteiger partial charge in [0.1, 0.15) is 3.57 Å². The Morgan fingerprint density at radius 2 is 2.06 bits per heavy atom. The van der Waals surface area contributed by atoms with Gasteiger partial charge in [0.25, 0.3) is 0 Å². The molecule has 88 valence electrons. The maximum atomic E-state index is 11.9. The minimum Gasteiger partial charge on any atom is -0.404 e. The number of H-pyrrole nitrogens is 1. The van der Waals surface area contributed by atoms with Gasteiger partial charge in [0.15, 0.2) is 5.75 Å². The molecule has 1 aromatic heterocycles. The van der Waals surface area contributed by atoms with Crippen molar-refractivity contribution < 1.29 is 22.8 Å². The number of hydrogen-bond acceptors (Lipinski definition) is 4. The van der Waals surface area contributed by atoms with Crippen LogP contribution in [0.15, 0.2) is 10.9 Å². The molecule has 0 aliphatic carbocycles. The molecule has 16 heavy (non-hydrogen) atoms. The van der Waals surface area contributed by atoms with Crippen molar-refractivity contribution in [2.75, 3.05) is 0 Å². The van der Waals surface area contributed by atoms with Crippen molar-refractivity contribution in [1.29, 1.82) is 0 Å². The molecule has 1 N–H and O–H groups in total. The highest BCUT2D eigenvalue weighted by atomic mass is 127. The number of hydrogen-bond donors (Lipinski definition) is 1. The number of rotatable bonds is 2. The number of pyridine rings is 1. The minimum absolute atomic E-state index is 0.431. The van der Waals surface area contributed by atoms with Crippen LogP contribution in [0.3, 0.4) is 0 Å². The Hall–Kier alpha value is -1.33. The molecule has 1 aromatic rings. The van der Waals surface area contributed by atoms with Crippen LogP contribution in [-0.4, -0.2) is 16.3 Å². The van der Waals surface area contributed by atoms with Crippen LogP contribution in [0.1, 0.15) is 0 Å². The molecule has 6 nitrogen and oxygen atoms in total. The highest BCUT2D eigenvalue weighted by Crippen LogP contribution is 2.30. The van der Waals surface area contributed by atoms with Crippen LogP contribution >= 0.6 is 22.6 Å². The molecular formula is C6H2F3IN2O4. The number of aromatic nitrogens is 1. The first-order valence-electron chi connectivity index (χ1n) is 3.53. The van der Waals surface area contributed by atoms with Crippen LogP contribution in [0, 0.1) is 13.7 Å². The Balaban J connectivity index is 3.30. The summed E-state index contributed by atoms with van der Waals surface area (Å²) < 4.78 is 38.7. The molecule has 0 atom stereocenters. The highest BCUT2D eigenvalue weighted by molar-refractivity contribution is 14.1. The lowest BCUT2D eigenvalue weighted by molar-refractivity contribution is -0.390. The van der Waals surface area contributed by atoms with Gasteiger partial charge in [-0.3, -0.25) is 0 Å². The molecule has 0 aliphatic heterocycles. The third-order valence-electron chi connectivity index (χ3n) is 1.34. The van der Waals surface area contributed by atoms with E-state index in [1.54, 1.807) is 4.98 Å². The lowest BCUT2D eigenvalue weighted by Gasteiger charge is -2.09. The van der Waals surface area contributed by atoms with E-state index >= 15 is 0 Å². The van der Waals surface area contributed by atoms with Gasteiger partial charge in [-0.25, -0.2) is 9.78 Å². The molecule has 0 spiro atoms. The monoisotopic (exact) mass is 350 g/mol. The summed E-state index contributed by atoms with van der Waals surface area (Å²) >= 11 is 1.28. The zero-order chi connectivity index (χ0) is 12.5. The van der Waals surface area contributed by atoms with Crippen LogP contribution < -0.4 is 10.3 Å². The van der Waals surface area contributed by atoms with Gasteiger partial charge in [-0.15, -0.1) is 13.2 Å². The summed E-state index contributed by atoms with van der Waals surface area (Å²) in [6.07, 6.45) is -5.01. The molecule has 10 heteroatoms. The maximum Gasteiger partial charge on any atom is 0.573 e. The molecule has 0 amide bonds. The second-order valence-electron chi connectivity index (χ2n) is 2.47. The molecule has 0 unspecified atom stereocenters. The zero-order valence-electron chi connectivity index (χ0n) is 7.17. The molecule has 0 saturated carbocycles. The summed E-state index contributed by atoms with van der Waals surface area (Å²) in [6.45, 7) is 0. The molecule has 1 rings (SSSR count). The van der Waals surface area contributed by atoms with E-state index in [-0.39, 0.29) is 0 Å². The molecular weight excluding hydrogens is 348 g/mol. The van der Waals surface area contributed by atoms with Crippen molar-refractivity contribution in [2.24, 2.45) is 0 Å². The largest absolute Gasteiger partial charge is 0.573 e. The SMILES string of the molecule is O=c1cc(OC(F)(F)F)c(I)c([N+](=O)[O-])[nH]1. The van der Waals surface area contributed by atoms with Crippen LogP contribution in [0.5, 0.6) is 5.75 Å². The van der Waals surface area contributed by atoms with Gasteiger partial charge in [-0.1, -0.05) is 0 Å². The highest BCUT2D eigenvalue weighted by Gasteiger charge is 2.33. The third kappa shape index (κ3) is 3.08. The van der Waals surface area contributed by atoms with E-state index in [1.807, 2.05) is 0 Å². The second-order valence-corrected chi connectivity index (χ2v) is 3.54. The fraction of sp³-hybridized carbons (Fsp3) is 0.167. The Kier molecular flexibility index (Phi) is 3.40. The van der Waals surface area contributed by atoms with Gasteiger partial charge in [0.2, 0.25) is 0 Å². The number of nitrogens with one attached hydrogen (secondary N) is 1. The topological polar surface area (TPSA) is 85.2 Å². The van der Waals surface area contributed by atoms with E-state index in [0.29, 0.717) is 6.07 Å². The number of halogens is 4. The van der Waals surface area contributed by atoms with E-state index in [9.17, 15) is 28.1 Å². The van der Waals surface area contributed by atoms with E-state index < -0.39 is 32.0 Å². The lowest BCUT2D eigenvalue weighted by Crippen LogP contribution is -2.20. The molecule has 0 aromatic carbocycles. The average Bonchev–Trinajstić information content (AvgIpc) is 2.07. The second kappa shape index (κ2) is 4.27. The first-order valence-corrected chi connectivity index (χ1v) is 4.61. The first kappa shape index (κ1) is 12.7. The molecule has 0 aliphatic rings. The third-order valence-corrected chi connectivity index (χ3v) is 2.38. The summed E-state index contributed by atoms with van der Waals surface area (Å²) in [4.78, 5) is 22.0. The normalized spacial score (nSPS) is 11.2. The van der Waals surface area contributed by atoms with E-state index in [4.69, 9.17) is 0 Å². The molecule has 0 radical (unpaired) electrons. The van der Waals surface area contributed by atoms with Crippen molar-refractivity contribution in [3.63, 3.8) is 0 Å². The summed E-state index contributed by atoms with van der Waals surface area (Å²) in [5.74, 6) is -1.74. The standard InChI is InChI=1S/C6H2F3IN2O4/c7-6(8,9)16-2-1-3(13)11-5(4(2)10)12(14)15/h1H,(H,11,13). The minimum atomic E-state index is -5.01. The fourth-order valence-electron chi connectivity index (χ4n) is 0.832. The van der Waals surface area contributed by atoms with Crippen LogP contribution in [-0.2, 0) is 0 Å². The van der Waals surface area contributed by atoms with Gasteiger partial charge in [0, 0.05) is 0 Å². The van der Waals surface area contributed by atoms with Crippen LogP contribution in [0.25, 0.3) is 0 Å². The number of nitro groups is 1. The van der Waals surface area contributed by atoms with Crippen LogP contribution in [0.4, 0.5) is 19.0 Å². The van der Waals surface area contributed by atoms with E-state index in [2.05, 4.69) is 4.74 Å². The lowest BCUT2D eigenvalue weighted by atomic mass is 10.4. The van der Waals surface area contributed by atoms with Crippen molar-refractivity contribution in [3.05, 3.63) is 30.1 Å². The fourth-order valence-corrected chi connectivity index (χ4v) is 1.43. The predicted molar refractivity (Wildman–Crippen MR) is 53.1 cm³/mol. The van der Waals surface area contributed by atoms with Crippen molar-refractivity contribution in [3.8, 4) is 5.75 Å². The zero-order valence-corrected chi connectivity index (χ0v) is 9.33. The van der Waals surface area contributed by atoms with Gasteiger partial charge < -0.3 is 14.9 Å². The Morgan fingerprint density at radius 3 is 2.50 bits per heavy atom. The summed E-state index contributed by atoms with van der Waals surface area (Å²) in [5, 5.41) is 10.4. The number of ether oxygens (including phenoxy) is 1. The van der Waals surface area contributed by atoms with Crippen molar-refractivity contribution >= 4 is 28.4 Å². The van der Waals surface area contributed by atoms with E-state index in [1.165, 1.54) is 22.6 Å². The average molecular weight is 350 g/mol. The first-order chi connectivity index (χ1) is 7.20. The number of alkyl halides is 3. The van der Waals surface area contributed by atoms with Crippen molar-refractivity contribution in [2.45, 2.75) is 6.36 Å². The Labute approximate surface area is 98.7 Å². The number of nitrogens with zero attached hydrogens (tertiary/aromatic N) is 1. The van der Waals surface area contributed by atoms with Gasteiger partial charge >= 0.3 is 17.7 Å². The summed E-state index contributed by atoms with van der Waals surface area (Å²) in [6, 6.07) is 0.488. The number of aromatic amines is 1. The molecule has 1 heterocycles. The summed E-state index contributed by atoms with van der Waals surface area (Å²) in [7, 11) is 0. The van der Waals surface area contributed by atoms with Crippen LogP contribution in [0.2, 0.25) is 0 Å². The van der Waals surface area contributed by atoms with Gasteiger partial charge in [-0.05, 0) is 27.5 Å². The predicted octanol–water partition coefficient (Wildman–Crippen LogP) is 1.79. The molecule has 0 fully saturated rings. The van der Waals surface area contributed by atoms with Crippen molar-refractivity contribution in [1.82, 2.24) is 4.98 Å². The summed E-state index contributed by atoms with van der Waals surface area (Å²) in [5.41, 5.74) is -1.05. The Morgan fingerprint density at radius 1 is 1.50 bits per heavy atom. The molecule has 0 saturated heterocycles. The Bertz CT molecular complexity index is 484. The van der Waals surface area contributed by atoms with E-state index in [0.717, 1.165) is 0 Å². The quantitative estimate of drug-likeness (QED) is 0.501.